The second kappa shape index (κ2) is 4.61. The van der Waals surface area contributed by atoms with Gasteiger partial charge in [-0.15, -0.1) is 0 Å². The third kappa shape index (κ3) is 2.39. The lowest BCUT2D eigenvalue weighted by molar-refractivity contribution is 0.173. The Balaban J connectivity index is 1.95. The summed E-state index contributed by atoms with van der Waals surface area (Å²) in [7, 11) is 0. The first kappa shape index (κ1) is 11.1. The summed E-state index contributed by atoms with van der Waals surface area (Å²) in [4.78, 5) is 0. The molecule has 4 heteroatoms. The van der Waals surface area contributed by atoms with Crippen LogP contribution in [0.3, 0.4) is 0 Å². The molecule has 1 aliphatic heterocycles. The molecular formula is C12H17NO3. The first-order chi connectivity index (χ1) is 7.66. The summed E-state index contributed by atoms with van der Waals surface area (Å²) in [6.45, 7) is 4.95. The van der Waals surface area contributed by atoms with Gasteiger partial charge in [0.05, 0.1) is 0 Å². The number of fused-ring (bicyclic) bond motifs is 1. The van der Waals surface area contributed by atoms with E-state index in [1.807, 2.05) is 18.2 Å². The maximum atomic E-state index is 5.90. The SMILES string of the molecule is CC(C)[C@H](N)COc1ccc2c(c1)OCO2. The van der Waals surface area contributed by atoms with Gasteiger partial charge < -0.3 is 19.9 Å². The molecule has 0 saturated carbocycles. The molecule has 1 aliphatic rings. The van der Waals surface area contributed by atoms with Crippen LogP contribution in [0, 0.1) is 5.92 Å². The van der Waals surface area contributed by atoms with Crippen LogP contribution in [0.15, 0.2) is 18.2 Å². The van der Waals surface area contributed by atoms with Crippen molar-refractivity contribution in [2.24, 2.45) is 11.7 Å². The Labute approximate surface area is 95.3 Å². The van der Waals surface area contributed by atoms with Crippen LogP contribution in [0.2, 0.25) is 0 Å². The van der Waals surface area contributed by atoms with E-state index in [0.29, 0.717) is 12.5 Å². The van der Waals surface area contributed by atoms with Crippen LogP contribution in [-0.4, -0.2) is 19.4 Å². The highest BCUT2D eigenvalue weighted by molar-refractivity contribution is 5.46. The molecule has 0 saturated heterocycles. The maximum absolute atomic E-state index is 5.90. The van der Waals surface area contributed by atoms with Crippen molar-refractivity contribution in [2.45, 2.75) is 19.9 Å². The highest BCUT2D eigenvalue weighted by Crippen LogP contribution is 2.35. The monoisotopic (exact) mass is 223 g/mol. The summed E-state index contributed by atoms with van der Waals surface area (Å²) in [6.07, 6.45) is 0. The Morgan fingerprint density at radius 3 is 2.81 bits per heavy atom. The van der Waals surface area contributed by atoms with Crippen molar-refractivity contribution < 1.29 is 14.2 Å². The molecule has 2 rings (SSSR count). The number of ether oxygens (including phenoxy) is 3. The Hall–Kier alpha value is -1.42. The van der Waals surface area contributed by atoms with Crippen LogP contribution in [0.4, 0.5) is 0 Å². The smallest absolute Gasteiger partial charge is 0.231 e. The van der Waals surface area contributed by atoms with Crippen LogP contribution in [0.1, 0.15) is 13.8 Å². The molecule has 2 N–H and O–H groups in total. The summed E-state index contributed by atoms with van der Waals surface area (Å²) in [5.41, 5.74) is 5.90. The fourth-order valence-corrected chi connectivity index (χ4v) is 1.35. The van der Waals surface area contributed by atoms with Crippen LogP contribution < -0.4 is 19.9 Å². The molecule has 0 amide bonds. The van der Waals surface area contributed by atoms with Gasteiger partial charge in [0.2, 0.25) is 6.79 Å². The average molecular weight is 223 g/mol. The maximum Gasteiger partial charge on any atom is 0.231 e. The Morgan fingerprint density at radius 1 is 1.31 bits per heavy atom. The second-order valence-electron chi connectivity index (χ2n) is 4.23. The second-order valence-corrected chi connectivity index (χ2v) is 4.23. The quantitative estimate of drug-likeness (QED) is 0.845. The molecule has 1 aromatic rings. The third-order valence-corrected chi connectivity index (χ3v) is 2.64. The molecule has 0 unspecified atom stereocenters. The van der Waals surface area contributed by atoms with E-state index >= 15 is 0 Å². The van der Waals surface area contributed by atoms with Gasteiger partial charge in [-0.25, -0.2) is 0 Å². The largest absolute Gasteiger partial charge is 0.492 e. The zero-order valence-electron chi connectivity index (χ0n) is 9.60. The van der Waals surface area contributed by atoms with Gasteiger partial charge in [-0.1, -0.05) is 13.8 Å². The van der Waals surface area contributed by atoms with Crippen LogP contribution >= 0.6 is 0 Å². The van der Waals surface area contributed by atoms with Gasteiger partial charge in [-0.05, 0) is 18.1 Å². The highest BCUT2D eigenvalue weighted by Gasteiger charge is 2.14. The Kier molecular flexibility index (Phi) is 3.19. The minimum atomic E-state index is 0.0467. The molecule has 0 bridgehead atoms. The molecule has 4 nitrogen and oxygen atoms in total. The van der Waals surface area contributed by atoms with E-state index in [4.69, 9.17) is 19.9 Å². The van der Waals surface area contributed by atoms with Crippen molar-refractivity contribution in [3.05, 3.63) is 18.2 Å². The summed E-state index contributed by atoms with van der Waals surface area (Å²) in [5, 5.41) is 0. The van der Waals surface area contributed by atoms with Gasteiger partial charge in [0, 0.05) is 12.1 Å². The van der Waals surface area contributed by atoms with Gasteiger partial charge in [0.1, 0.15) is 12.4 Å². The van der Waals surface area contributed by atoms with Crippen LogP contribution in [0.5, 0.6) is 17.2 Å². The van der Waals surface area contributed by atoms with Crippen LogP contribution in [0.25, 0.3) is 0 Å². The van der Waals surface area contributed by atoms with Crippen molar-refractivity contribution in [2.75, 3.05) is 13.4 Å². The van der Waals surface area contributed by atoms with Crippen molar-refractivity contribution in [1.29, 1.82) is 0 Å². The van der Waals surface area contributed by atoms with E-state index in [9.17, 15) is 0 Å². The van der Waals surface area contributed by atoms with Crippen molar-refractivity contribution >= 4 is 0 Å². The minimum absolute atomic E-state index is 0.0467. The first-order valence-corrected chi connectivity index (χ1v) is 5.45. The van der Waals surface area contributed by atoms with E-state index in [0.717, 1.165) is 17.2 Å². The number of benzene rings is 1. The highest BCUT2D eigenvalue weighted by atomic mass is 16.7. The van der Waals surface area contributed by atoms with Crippen molar-refractivity contribution in [3.63, 3.8) is 0 Å². The lowest BCUT2D eigenvalue weighted by Gasteiger charge is -2.16. The molecule has 0 fully saturated rings. The number of hydrogen-bond donors (Lipinski definition) is 1. The zero-order chi connectivity index (χ0) is 11.5. The van der Waals surface area contributed by atoms with E-state index in [1.54, 1.807) is 0 Å². The van der Waals surface area contributed by atoms with Crippen LogP contribution in [-0.2, 0) is 0 Å². The standard InChI is InChI=1S/C12H17NO3/c1-8(2)10(13)6-14-9-3-4-11-12(5-9)16-7-15-11/h3-5,8,10H,6-7,13H2,1-2H3/t10-/m1/s1. The van der Waals surface area contributed by atoms with Gasteiger partial charge >= 0.3 is 0 Å². The summed E-state index contributed by atoms with van der Waals surface area (Å²) < 4.78 is 16.1. The fraction of sp³-hybridized carbons (Fsp3) is 0.500. The van der Waals surface area contributed by atoms with Gasteiger partial charge in [0.25, 0.3) is 0 Å². The van der Waals surface area contributed by atoms with Gasteiger partial charge in [-0.3, -0.25) is 0 Å². The van der Waals surface area contributed by atoms with E-state index in [1.165, 1.54) is 0 Å². The number of rotatable bonds is 4. The first-order valence-electron chi connectivity index (χ1n) is 5.45. The topological polar surface area (TPSA) is 53.7 Å². The lowest BCUT2D eigenvalue weighted by Crippen LogP contribution is -2.32. The molecule has 0 spiro atoms. The number of hydrogen-bond acceptors (Lipinski definition) is 4. The normalized spacial score (nSPS) is 15.2. The Morgan fingerprint density at radius 2 is 2.06 bits per heavy atom. The predicted molar refractivity (Wildman–Crippen MR) is 60.9 cm³/mol. The zero-order valence-corrected chi connectivity index (χ0v) is 9.60. The Bertz CT molecular complexity index is 365. The summed E-state index contributed by atoms with van der Waals surface area (Å²) in [6, 6.07) is 5.58. The molecule has 16 heavy (non-hydrogen) atoms. The molecule has 1 heterocycles. The molecule has 0 radical (unpaired) electrons. The minimum Gasteiger partial charge on any atom is -0.492 e. The summed E-state index contributed by atoms with van der Waals surface area (Å²) >= 11 is 0. The molecular weight excluding hydrogens is 206 g/mol. The van der Waals surface area contributed by atoms with Crippen molar-refractivity contribution in [3.8, 4) is 17.2 Å². The van der Waals surface area contributed by atoms with E-state index in [-0.39, 0.29) is 12.8 Å². The predicted octanol–water partition coefficient (Wildman–Crippen LogP) is 1.78. The fourth-order valence-electron chi connectivity index (χ4n) is 1.35. The molecule has 0 aromatic heterocycles. The van der Waals surface area contributed by atoms with Gasteiger partial charge in [0.15, 0.2) is 11.5 Å². The van der Waals surface area contributed by atoms with E-state index in [2.05, 4.69) is 13.8 Å². The van der Waals surface area contributed by atoms with Gasteiger partial charge in [-0.2, -0.15) is 0 Å². The third-order valence-electron chi connectivity index (χ3n) is 2.64. The average Bonchev–Trinajstić information content (AvgIpc) is 2.72. The van der Waals surface area contributed by atoms with Crippen molar-refractivity contribution in [1.82, 2.24) is 0 Å². The number of nitrogens with two attached hydrogens (primary N) is 1. The molecule has 88 valence electrons. The molecule has 1 atom stereocenters. The molecule has 0 aliphatic carbocycles. The molecule has 1 aromatic carbocycles. The van der Waals surface area contributed by atoms with E-state index < -0.39 is 0 Å². The lowest BCUT2D eigenvalue weighted by atomic mass is 10.1. The summed E-state index contributed by atoms with van der Waals surface area (Å²) in [5.74, 6) is 2.67.